The van der Waals surface area contributed by atoms with Crippen LogP contribution in [0.1, 0.15) is 24.0 Å². The molecule has 2 radical (unpaired) electrons. The van der Waals surface area contributed by atoms with Gasteiger partial charge in [-0.25, -0.2) is 4.39 Å². The maximum atomic E-state index is 13.4. The van der Waals surface area contributed by atoms with Crippen LogP contribution in [-0.2, 0) is 0 Å². The second-order valence-corrected chi connectivity index (χ2v) is 3.44. The van der Waals surface area contributed by atoms with E-state index in [4.69, 9.17) is 7.85 Å². The molecule has 0 heterocycles. The quantitative estimate of drug-likeness (QED) is 0.398. The first-order valence-corrected chi connectivity index (χ1v) is 4.99. The maximum absolute atomic E-state index is 13.4. The minimum absolute atomic E-state index is 0.225. The van der Waals surface area contributed by atoms with Crippen molar-refractivity contribution in [3.63, 3.8) is 0 Å². The summed E-state index contributed by atoms with van der Waals surface area (Å²) >= 11 is 0. The Hall–Kier alpha value is -1.31. The SMILES string of the molecule is [B]c1ccc(F)c(/C=C\CCC=C)c1C. The lowest BCUT2D eigenvalue weighted by Gasteiger charge is -2.05. The molecular weight excluding hydrogens is 186 g/mol. The number of unbranched alkanes of at least 4 members (excludes halogenated alkanes) is 1. The Balaban J connectivity index is 2.88. The number of halogens is 1. The summed E-state index contributed by atoms with van der Waals surface area (Å²) in [5.41, 5.74) is 2.00. The van der Waals surface area contributed by atoms with Gasteiger partial charge in [-0.2, -0.15) is 0 Å². The molecule has 0 aliphatic heterocycles. The fourth-order valence-electron chi connectivity index (χ4n) is 1.33. The molecule has 0 nitrogen and oxygen atoms in total. The van der Waals surface area contributed by atoms with Crippen LogP contribution in [0.15, 0.2) is 30.9 Å². The third kappa shape index (κ3) is 3.09. The van der Waals surface area contributed by atoms with Crippen molar-refractivity contribution in [3.05, 3.63) is 47.8 Å². The lowest BCUT2D eigenvalue weighted by atomic mass is 9.88. The Morgan fingerprint density at radius 2 is 2.13 bits per heavy atom. The molecule has 2 heteroatoms. The molecule has 0 bridgehead atoms. The molecule has 0 saturated heterocycles. The van der Waals surface area contributed by atoms with Gasteiger partial charge >= 0.3 is 0 Å². The molecule has 1 aromatic rings. The van der Waals surface area contributed by atoms with Crippen molar-refractivity contribution >= 4 is 19.4 Å². The van der Waals surface area contributed by atoms with E-state index in [2.05, 4.69) is 6.58 Å². The van der Waals surface area contributed by atoms with E-state index >= 15 is 0 Å². The minimum Gasteiger partial charge on any atom is -0.206 e. The van der Waals surface area contributed by atoms with Crippen molar-refractivity contribution in [2.75, 3.05) is 0 Å². The van der Waals surface area contributed by atoms with Crippen LogP contribution >= 0.6 is 0 Å². The Morgan fingerprint density at radius 3 is 2.80 bits per heavy atom. The average molecular weight is 200 g/mol. The van der Waals surface area contributed by atoms with E-state index in [1.807, 2.05) is 19.1 Å². The molecule has 0 unspecified atom stereocenters. The van der Waals surface area contributed by atoms with Gasteiger partial charge < -0.3 is 0 Å². The van der Waals surface area contributed by atoms with Crippen molar-refractivity contribution in [2.24, 2.45) is 0 Å². The summed E-state index contributed by atoms with van der Waals surface area (Å²) in [6.45, 7) is 5.45. The van der Waals surface area contributed by atoms with Crippen LogP contribution in [0.2, 0.25) is 0 Å². The number of hydrogen-bond acceptors (Lipinski definition) is 0. The van der Waals surface area contributed by atoms with Crippen LogP contribution in [-0.4, -0.2) is 7.85 Å². The summed E-state index contributed by atoms with van der Waals surface area (Å²) in [4.78, 5) is 0. The molecule has 0 spiro atoms. The lowest BCUT2D eigenvalue weighted by Crippen LogP contribution is -2.09. The highest BCUT2D eigenvalue weighted by atomic mass is 19.1. The van der Waals surface area contributed by atoms with Crippen molar-refractivity contribution in [3.8, 4) is 0 Å². The Bertz CT molecular complexity index is 380. The average Bonchev–Trinajstić information content (AvgIpc) is 2.23. The standard InChI is InChI=1S/C13H14BF/c1-3-4-5-6-7-11-10(2)12(14)8-9-13(11)15/h3,6-9H,1,4-5H2,2H3/b7-6-. The summed E-state index contributed by atoms with van der Waals surface area (Å²) < 4.78 is 13.4. The molecule has 15 heavy (non-hydrogen) atoms. The number of hydrogen-bond donors (Lipinski definition) is 0. The zero-order chi connectivity index (χ0) is 11.3. The van der Waals surface area contributed by atoms with Gasteiger partial charge in [0, 0.05) is 5.56 Å². The van der Waals surface area contributed by atoms with Gasteiger partial charge in [0.1, 0.15) is 13.7 Å². The summed E-state index contributed by atoms with van der Waals surface area (Å²) in [5, 5.41) is 0. The van der Waals surface area contributed by atoms with E-state index in [1.165, 1.54) is 6.07 Å². The van der Waals surface area contributed by atoms with E-state index < -0.39 is 0 Å². The summed E-state index contributed by atoms with van der Waals surface area (Å²) in [6.07, 6.45) is 7.33. The molecule has 0 fully saturated rings. The maximum Gasteiger partial charge on any atom is 0.130 e. The first-order chi connectivity index (χ1) is 7.16. The van der Waals surface area contributed by atoms with Crippen molar-refractivity contribution in [1.29, 1.82) is 0 Å². The second-order valence-electron chi connectivity index (χ2n) is 3.44. The fraction of sp³-hybridized carbons (Fsp3) is 0.231. The van der Waals surface area contributed by atoms with Crippen LogP contribution in [0.4, 0.5) is 4.39 Å². The summed E-state index contributed by atoms with van der Waals surface area (Å²) in [6, 6.07) is 2.99. The van der Waals surface area contributed by atoms with Crippen molar-refractivity contribution in [1.82, 2.24) is 0 Å². The van der Waals surface area contributed by atoms with Crippen LogP contribution in [0, 0.1) is 12.7 Å². The lowest BCUT2D eigenvalue weighted by molar-refractivity contribution is 0.624. The molecular formula is C13H14BF. The second kappa shape index (κ2) is 5.55. The Labute approximate surface area is 91.9 Å². The molecule has 0 aliphatic rings. The Kier molecular flexibility index (Phi) is 4.35. The van der Waals surface area contributed by atoms with Crippen molar-refractivity contribution < 1.29 is 4.39 Å². The molecule has 0 aromatic heterocycles. The molecule has 76 valence electrons. The smallest absolute Gasteiger partial charge is 0.130 e. The topological polar surface area (TPSA) is 0 Å². The van der Waals surface area contributed by atoms with E-state index in [0.29, 0.717) is 11.0 Å². The normalized spacial score (nSPS) is 10.8. The monoisotopic (exact) mass is 200 g/mol. The zero-order valence-corrected chi connectivity index (χ0v) is 8.96. The highest BCUT2D eigenvalue weighted by Gasteiger charge is 2.03. The third-order valence-corrected chi connectivity index (χ3v) is 2.33. The molecule has 1 rings (SSSR count). The Morgan fingerprint density at radius 1 is 1.40 bits per heavy atom. The first-order valence-electron chi connectivity index (χ1n) is 4.99. The molecule has 0 aliphatic carbocycles. The number of allylic oxidation sites excluding steroid dienone is 2. The van der Waals surface area contributed by atoms with Gasteiger partial charge in [-0.15, -0.1) is 6.58 Å². The molecule has 0 amide bonds. The predicted octanol–water partition coefficient (Wildman–Crippen LogP) is 2.91. The van der Waals surface area contributed by atoms with E-state index in [1.54, 1.807) is 12.1 Å². The van der Waals surface area contributed by atoms with E-state index in [9.17, 15) is 4.39 Å². The van der Waals surface area contributed by atoms with Crippen molar-refractivity contribution in [2.45, 2.75) is 19.8 Å². The number of benzene rings is 1. The molecule has 0 atom stereocenters. The largest absolute Gasteiger partial charge is 0.206 e. The number of rotatable bonds is 4. The van der Waals surface area contributed by atoms with Gasteiger partial charge in [0.15, 0.2) is 0 Å². The summed E-state index contributed by atoms with van der Waals surface area (Å²) in [5.74, 6) is -0.225. The van der Waals surface area contributed by atoms with Crippen LogP contribution < -0.4 is 5.46 Å². The zero-order valence-electron chi connectivity index (χ0n) is 8.96. The van der Waals surface area contributed by atoms with Crippen LogP contribution in [0.5, 0.6) is 0 Å². The molecule has 0 N–H and O–H groups in total. The minimum atomic E-state index is -0.225. The highest BCUT2D eigenvalue weighted by molar-refractivity contribution is 6.33. The first kappa shape index (κ1) is 11.8. The van der Waals surface area contributed by atoms with Crippen LogP contribution in [0.3, 0.4) is 0 Å². The predicted molar refractivity (Wildman–Crippen MR) is 65.0 cm³/mol. The van der Waals surface area contributed by atoms with Gasteiger partial charge in [0.2, 0.25) is 0 Å². The third-order valence-electron chi connectivity index (χ3n) is 2.33. The van der Waals surface area contributed by atoms with Gasteiger partial charge in [0.05, 0.1) is 0 Å². The molecule has 1 aromatic carbocycles. The highest BCUT2D eigenvalue weighted by Crippen LogP contribution is 2.13. The summed E-state index contributed by atoms with van der Waals surface area (Å²) in [7, 11) is 5.70. The van der Waals surface area contributed by atoms with E-state index in [0.717, 1.165) is 18.4 Å². The fourth-order valence-corrected chi connectivity index (χ4v) is 1.33. The van der Waals surface area contributed by atoms with Gasteiger partial charge in [0.25, 0.3) is 0 Å². The van der Waals surface area contributed by atoms with E-state index in [-0.39, 0.29) is 5.82 Å². The van der Waals surface area contributed by atoms with Gasteiger partial charge in [-0.3, -0.25) is 0 Å². The van der Waals surface area contributed by atoms with Crippen LogP contribution in [0.25, 0.3) is 6.08 Å². The molecule has 0 saturated carbocycles. The van der Waals surface area contributed by atoms with Gasteiger partial charge in [-0.05, 0) is 31.4 Å². The van der Waals surface area contributed by atoms with Gasteiger partial charge in [-0.1, -0.05) is 29.8 Å².